The molecule has 2 rings (SSSR count). The van der Waals surface area contributed by atoms with Crippen LogP contribution in [0.15, 0.2) is 6.07 Å². The number of nitrogens with one attached hydrogen (secondary N) is 1. The summed E-state index contributed by atoms with van der Waals surface area (Å²) < 4.78 is 7.35. The predicted octanol–water partition coefficient (Wildman–Crippen LogP) is 4.52. The van der Waals surface area contributed by atoms with E-state index in [2.05, 4.69) is 19.2 Å². The quantitative estimate of drug-likeness (QED) is 0.863. The molecule has 18 heavy (non-hydrogen) atoms. The van der Waals surface area contributed by atoms with Crippen LogP contribution < -0.4 is 5.32 Å². The van der Waals surface area contributed by atoms with E-state index in [1.54, 1.807) is 0 Å². The summed E-state index contributed by atoms with van der Waals surface area (Å²) in [5, 5.41) is 3.54. The van der Waals surface area contributed by atoms with Crippen LogP contribution in [0.1, 0.15) is 38.3 Å². The number of ether oxygens (including phenoxy) is 1. The minimum Gasteiger partial charge on any atom is -0.378 e. The molecule has 0 spiro atoms. The molecule has 3 atom stereocenters. The summed E-state index contributed by atoms with van der Waals surface area (Å²) >= 11 is 13.8. The van der Waals surface area contributed by atoms with Gasteiger partial charge in [0.25, 0.3) is 0 Å². The van der Waals surface area contributed by atoms with Crippen LogP contribution in [0.2, 0.25) is 8.67 Å². The normalized spacial score (nSPS) is 25.6. The lowest BCUT2D eigenvalue weighted by Gasteiger charge is -2.27. The van der Waals surface area contributed by atoms with Gasteiger partial charge in [-0.1, -0.05) is 37.0 Å². The summed E-state index contributed by atoms with van der Waals surface area (Å²) in [7, 11) is 0. The minimum absolute atomic E-state index is 0.249. The Hall–Kier alpha value is 0.200. The summed E-state index contributed by atoms with van der Waals surface area (Å²) in [5.41, 5.74) is 1.13. The molecule has 0 aliphatic carbocycles. The fourth-order valence-electron chi connectivity index (χ4n) is 2.74. The molecular weight excluding hydrogens is 289 g/mol. The van der Waals surface area contributed by atoms with Crippen molar-refractivity contribution in [2.45, 2.75) is 38.8 Å². The first-order valence-corrected chi connectivity index (χ1v) is 8.04. The molecule has 1 aromatic heterocycles. The molecule has 1 saturated heterocycles. The van der Waals surface area contributed by atoms with Crippen LogP contribution in [-0.4, -0.2) is 19.3 Å². The van der Waals surface area contributed by atoms with Crippen LogP contribution in [-0.2, 0) is 4.74 Å². The fourth-order valence-corrected chi connectivity index (χ4v) is 4.29. The van der Waals surface area contributed by atoms with Crippen molar-refractivity contribution in [1.82, 2.24) is 5.32 Å². The lowest BCUT2D eigenvalue weighted by atomic mass is 9.88. The van der Waals surface area contributed by atoms with Gasteiger partial charge < -0.3 is 10.1 Å². The van der Waals surface area contributed by atoms with Crippen LogP contribution in [0.5, 0.6) is 0 Å². The highest BCUT2D eigenvalue weighted by Gasteiger charge is 2.35. The lowest BCUT2D eigenvalue weighted by molar-refractivity contribution is 0.0776. The van der Waals surface area contributed by atoms with Crippen molar-refractivity contribution in [1.29, 1.82) is 0 Å². The van der Waals surface area contributed by atoms with E-state index in [0.29, 0.717) is 12.0 Å². The largest absolute Gasteiger partial charge is 0.378 e. The number of hydrogen-bond donors (Lipinski definition) is 1. The van der Waals surface area contributed by atoms with Crippen molar-refractivity contribution in [2.75, 3.05) is 13.2 Å². The lowest BCUT2D eigenvalue weighted by Crippen LogP contribution is -2.32. The predicted molar refractivity (Wildman–Crippen MR) is 78.9 cm³/mol. The molecule has 1 fully saturated rings. The van der Waals surface area contributed by atoms with Gasteiger partial charge in [0.15, 0.2) is 0 Å². The summed E-state index contributed by atoms with van der Waals surface area (Å²) in [6, 6.07) is 2.24. The topological polar surface area (TPSA) is 21.3 Å². The van der Waals surface area contributed by atoms with Gasteiger partial charge in [-0.15, -0.1) is 11.3 Å². The Balaban J connectivity index is 2.24. The van der Waals surface area contributed by atoms with Crippen molar-refractivity contribution in [3.63, 3.8) is 0 Å². The molecule has 2 nitrogen and oxygen atoms in total. The zero-order valence-corrected chi connectivity index (χ0v) is 13.0. The first-order chi connectivity index (χ1) is 8.67. The number of thiophene rings is 1. The molecule has 0 aromatic carbocycles. The second-order valence-electron chi connectivity index (χ2n) is 4.58. The van der Waals surface area contributed by atoms with E-state index in [0.717, 1.165) is 40.2 Å². The zero-order chi connectivity index (χ0) is 13.1. The molecule has 5 heteroatoms. The van der Waals surface area contributed by atoms with Crippen LogP contribution in [0.4, 0.5) is 0 Å². The molecule has 2 heterocycles. The maximum atomic E-state index is 6.30. The van der Waals surface area contributed by atoms with Crippen LogP contribution >= 0.6 is 34.5 Å². The highest BCUT2D eigenvalue weighted by molar-refractivity contribution is 7.20. The number of rotatable bonds is 5. The Kier molecular flexibility index (Phi) is 5.34. The summed E-state index contributed by atoms with van der Waals surface area (Å²) in [4.78, 5) is 0. The van der Waals surface area contributed by atoms with E-state index in [-0.39, 0.29) is 6.04 Å². The highest BCUT2D eigenvalue weighted by atomic mass is 35.5. The van der Waals surface area contributed by atoms with E-state index in [9.17, 15) is 0 Å². The van der Waals surface area contributed by atoms with E-state index in [1.807, 2.05) is 6.07 Å². The Labute approximate surface area is 123 Å². The van der Waals surface area contributed by atoms with Crippen LogP contribution in [0.3, 0.4) is 0 Å². The van der Waals surface area contributed by atoms with Gasteiger partial charge in [0.05, 0.1) is 14.8 Å². The SMILES string of the molecule is CCNC(c1cc(Cl)sc1Cl)C1CCOC1CC. The molecule has 0 saturated carbocycles. The van der Waals surface area contributed by atoms with Gasteiger partial charge in [-0.05, 0) is 25.5 Å². The molecular formula is C13H19Cl2NOS. The third-order valence-electron chi connectivity index (χ3n) is 3.53. The average Bonchev–Trinajstić information content (AvgIpc) is 2.92. The maximum Gasteiger partial charge on any atom is 0.0992 e. The van der Waals surface area contributed by atoms with Crippen molar-refractivity contribution < 1.29 is 4.74 Å². The molecule has 102 valence electrons. The first-order valence-electron chi connectivity index (χ1n) is 6.47. The standard InChI is InChI=1S/C13H19Cl2NOS/c1-3-10-8(5-6-17-10)12(16-4-2)9-7-11(14)18-13(9)15/h7-8,10,12,16H,3-6H2,1-2H3. The highest BCUT2D eigenvalue weighted by Crippen LogP contribution is 2.41. The van der Waals surface area contributed by atoms with Crippen molar-refractivity contribution in [3.05, 3.63) is 20.3 Å². The molecule has 1 N–H and O–H groups in total. The fraction of sp³-hybridized carbons (Fsp3) is 0.692. The van der Waals surface area contributed by atoms with Gasteiger partial charge in [-0.2, -0.15) is 0 Å². The molecule has 1 aliphatic rings. The Morgan fingerprint density at radius 1 is 1.50 bits per heavy atom. The van der Waals surface area contributed by atoms with E-state index in [1.165, 1.54) is 11.3 Å². The van der Waals surface area contributed by atoms with E-state index < -0.39 is 0 Å². The third-order valence-corrected chi connectivity index (χ3v) is 5.05. The van der Waals surface area contributed by atoms with Gasteiger partial charge in [-0.25, -0.2) is 0 Å². The average molecular weight is 308 g/mol. The molecule has 1 aliphatic heterocycles. The van der Waals surface area contributed by atoms with Crippen LogP contribution in [0, 0.1) is 5.92 Å². The monoisotopic (exact) mass is 307 g/mol. The molecule has 3 unspecified atom stereocenters. The Morgan fingerprint density at radius 2 is 2.28 bits per heavy atom. The van der Waals surface area contributed by atoms with Gasteiger partial charge in [0, 0.05) is 24.1 Å². The van der Waals surface area contributed by atoms with Crippen molar-refractivity contribution in [3.8, 4) is 0 Å². The van der Waals surface area contributed by atoms with E-state index >= 15 is 0 Å². The maximum absolute atomic E-state index is 6.30. The molecule has 0 radical (unpaired) electrons. The third kappa shape index (κ3) is 3.02. The van der Waals surface area contributed by atoms with Gasteiger partial charge in [0.1, 0.15) is 0 Å². The molecule has 0 bridgehead atoms. The Morgan fingerprint density at radius 3 is 2.83 bits per heavy atom. The number of halogens is 2. The van der Waals surface area contributed by atoms with Crippen molar-refractivity contribution in [2.24, 2.45) is 5.92 Å². The molecule has 1 aromatic rings. The Bertz CT molecular complexity index is 396. The van der Waals surface area contributed by atoms with Gasteiger partial charge in [0.2, 0.25) is 0 Å². The minimum atomic E-state index is 0.249. The zero-order valence-electron chi connectivity index (χ0n) is 10.7. The van der Waals surface area contributed by atoms with Crippen molar-refractivity contribution >= 4 is 34.5 Å². The second kappa shape index (κ2) is 6.58. The summed E-state index contributed by atoms with van der Waals surface area (Å²) in [6.45, 7) is 6.06. The second-order valence-corrected chi connectivity index (χ2v) is 6.87. The number of hydrogen-bond acceptors (Lipinski definition) is 3. The summed E-state index contributed by atoms with van der Waals surface area (Å²) in [6.07, 6.45) is 2.45. The summed E-state index contributed by atoms with van der Waals surface area (Å²) in [5.74, 6) is 0.484. The van der Waals surface area contributed by atoms with Crippen LogP contribution in [0.25, 0.3) is 0 Å². The van der Waals surface area contributed by atoms with Gasteiger partial charge >= 0.3 is 0 Å². The van der Waals surface area contributed by atoms with Gasteiger partial charge in [-0.3, -0.25) is 0 Å². The first kappa shape index (κ1) is 14.6. The molecule has 0 amide bonds. The smallest absolute Gasteiger partial charge is 0.0992 e. The van der Waals surface area contributed by atoms with E-state index in [4.69, 9.17) is 27.9 Å².